The molecule has 0 aliphatic carbocycles. The molecule has 2 aromatic carbocycles. The lowest BCUT2D eigenvalue weighted by Crippen LogP contribution is -2.33. The Bertz CT molecular complexity index is 1170. The van der Waals surface area contributed by atoms with E-state index in [1.807, 2.05) is 35.6 Å². The average molecular weight is 406 g/mol. The van der Waals surface area contributed by atoms with Crippen LogP contribution in [0.15, 0.2) is 53.7 Å². The summed E-state index contributed by atoms with van der Waals surface area (Å²) in [5.41, 5.74) is 3.79. The van der Waals surface area contributed by atoms with Crippen LogP contribution in [-0.4, -0.2) is 37.3 Å². The van der Waals surface area contributed by atoms with Crippen LogP contribution in [0.25, 0.3) is 27.9 Å². The topological polar surface area (TPSA) is 72.2 Å². The summed E-state index contributed by atoms with van der Waals surface area (Å²) in [4.78, 5) is 17.1. The van der Waals surface area contributed by atoms with E-state index in [2.05, 4.69) is 53.6 Å². The highest BCUT2D eigenvalue weighted by Crippen LogP contribution is 2.29. The van der Waals surface area contributed by atoms with E-state index in [4.69, 9.17) is 4.98 Å². The van der Waals surface area contributed by atoms with Crippen LogP contribution in [0.1, 0.15) is 25.8 Å². The molecule has 0 saturated carbocycles. The molecule has 0 spiro atoms. The molecule has 29 heavy (non-hydrogen) atoms. The Labute approximate surface area is 173 Å². The zero-order valence-electron chi connectivity index (χ0n) is 16.7. The molecule has 0 unspecified atom stereocenters. The van der Waals surface area contributed by atoms with Gasteiger partial charge in [-0.25, -0.2) is 4.98 Å². The fraction of sp³-hybridized carbons (Fsp3) is 0.273. The van der Waals surface area contributed by atoms with E-state index in [1.54, 1.807) is 0 Å². The number of carbonyl (C=O) groups is 1. The molecule has 148 valence electrons. The summed E-state index contributed by atoms with van der Waals surface area (Å²) in [6, 6.07) is 16.3. The molecule has 1 N–H and O–H groups in total. The predicted molar refractivity (Wildman–Crippen MR) is 117 cm³/mol. The van der Waals surface area contributed by atoms with Crippen LogP contribution in [0.5, 0.6) is 0 Å². The Morgan fingerprint density at radius 3 is 2.66 bits per heavy atom. The number of aryl methyl sites for hydroxylation is 1. The molecule has 6 nitrogen and oxygen atoms in total. The second kappa shape index (κ2) is 8.21. The first-order valence-corrected chi connectivity index (χ1v) is 10.7. The number of amides is 1. The highest BCUT2D eigenvalue weighted by Gasteiger charge is 2.17. The van der Waals surface area contributed by atoms with Crippen molar-refractivity contribution < 1.29 is 4.79 Å². The van der Waals surface area contributed by atoms with Crippen LogP contribution in [0.2, 0.25) is 0 Å². The Hall–Kier alpha value is -2.93. The van der Waals surface area contributed by atoms with Gasteiger partial charge < -0.3 is 5.32 Å². The molecular weight excluding hydrogens is 382 g/mol. The number of carbonyl (C=O) groups excluding carboxylic acids is 1. The van der Waals surface area contributed by atoms with Crippen molar-refractivity contribution in [3.63, 3.8) is 0 Å². The zero-order chi connectivity index (χ0) is 20.4. The van der Waals surface area contributed by atoms with Crippen molar-refractivity contribution in [2.75, 3.05) is 5.75 Å². The first-order valence-electron chi connectivity index (χ1n) is 9.70. The van der Waals surface area contributed by atoms with Crippen molar-refractivity contribution in [1.29, 1.82) is 0 Å². The summed E-state index contributed by atoms with van der Waals surface area (Å²) in [6.07, 6.45) is 0.901. The number of fused-ring (bicyclic) bond motifs is 3. The lowest BCUT2D eigenvalue weighted by molar-refractivity contribution is -0.119. The van der Waals surface area contributed by atoms with Crippen LogP contribution < -0.4 is 5.32 Å². The summed E-state index contributed by atoms with van der Waals surface area (Å²) >= 11 is 1.38. The number of benzene rings is 2. The third-order valence-electron chi connectivity index (χ3n) is 4.88. The second-order valence-corrected chi connectivity index (χ2v) is 8.07. The van der Waals surface area contributed by atoms with Crippen molar-refractivity contribution in [2.45, 2.75) is 38.4 Å². The van der Waals surface area contributed by atoms with Crippen molar-refractivity contribution in [1.82, 2.24) is 24.9 Å². The van der Waals surface area contributed by atoms with Crippen molar-refractivity contribution in [2.24, 2.45) is 0 Å². The normalized spacial score (nSPS) is 12.4. The monoisotopic (exact) mass is 405 g/mol. The minimum absolute atomic E-state index is 0.00765. The average Bonchev–Trinajstić information content (AvgIpc) is 3.16. The molecule has 0 bridgehead atoms. The zero-order valence-corrected chi connectivity index (χ0v) is 17.5. The van der Waals surface area contributed by atoms with Gasteiger partial charge >= 0.3 is 0 Å². The summed E-state index contributed by atoms with van der Waals surface area (Å²) in [5.74, 6) is 1.05. The number of aromatic nitrogens is 4. The van der Waals surface area contributed by atoms with Crippen LogP contribution >= 0.6 is 11.8 Å². The Morgan fingerprint density at radius 1 is 1.14 bits per heavy atom. The van der Waals surface area contributed by atoms with Crippen LogP contribution in [0.4, 0.5) is 0 Å². The number of nitrogens with one attached hydrogen (secondary N) is 1. The van der Waals surface area contributed by atoms with E-state index in [-0.39, 0.29) is 17.7 Å². The maximum absolute atomic E-state index is 12.2. The van der Waals surface area contributed by atoms with Gasteiger partial charge in [-0.1, -0.05) is 60.6 Å². The number of thioether (sulfide) groups is 1. The van der Waals surface area contributed by atoms with Crippen LogP contribution in [0.3, 0.4) is 0 Å². The van der Waals surface area contributed by atoms with Gasteiger partial charge in [-0.05, 0) is 32.4 Å². The quantitative estimate of drug-likeness (QED) is 0.485. The van der Waals surface area contributed by atoms with Gasteiger partial charge in [0.15, 0.2) is 10.8 Å². The van der Waals surface area contributed by atoms with Gasteiger partial charge in [0.1, 0.15) is 5.82 Å². The number of rotatable bonds is 6. The minimum atomic E-state index is -0.00765. The molecule has 0 aliphatic rings. The summed E-state index contributed by atoms with van der Waals surface area (Å²) in [7, 11) is 0. The lowest BCUT2D eigenvalue weighted by Gasteiger charge is -2.11. The highest BCUT2D eigenvalue weighted by molar-refractivity contribution is 7.99. The summed E-state index contributed by atoms with van der Waals surface area (Å²) in [6.45, 7) is 6.11. The first kappa shape index (κ1) is 19.4. The van der Waals surface area contributed by atoms with Gasteiger partial charge in [0.25, 0.3) is 0 Å². The van der Waals surface area contributed by atoms with Gasteiger partial charge in [0.05, 0.1) is 11.3 Å². The van der Waals surface area contributed by atoms with Gasteiger partial charge in [-0.2, -0.15) is 0 Å². The fourth-order valence-corrected chi connectivity index (χ4v) is 3.84. The summed E-state index contributed by atoms with van der Waals surface area (Å²) in [5, 5.41) is 13.4. The molecule has 7 heteroatoms. The van der Waals surface area contributed by atoms with Crippen LogP contribution in [0, 0.1) is 6.92 Å². The molecule has 2 heterocycles. The molecule has 1 atom stereocenters. The maximum atomic E-state index is 12.2. The predicted octanol–water partition coefficient (Wildman–Crippen LogP) is 4.26. The highest BCUT2D eigenvalue weighted by atomic mass is 32.2. The number of hydrogen-bond acceptors (Lipinski definition) is 5. The Morgan fingerprint density at radius 2 is 1.90 bits per heavy atom. The third-order valence-corrected chi connectivity index (χ3v) is 5.81. The van der Waals surface area contributed by atoms with Crippen LogP contribution in [-0.2, 0) is 4.79 Å². The Kier molecular flexibility index (Phi) is 5.49. The van der Waals surface area contributed by atoms with Crippen molar-refractivity contribution in [3.8, 4) is 11.4 Å². The summed E-state index contributed by atoms with van der Waals surface area (Å²) < 4.78 is 1.95. The molecule has 4 rings (SSSR count). The lowest BCUT2D eigenvalue weighted by atomic mass is 10.1. The SMILES string of the molecule is CC[C@@H](C)NC(=O)CSc1nnc2c3ccccc3nc(-c3ccc(C)cc3)n12. The molecule has 0 fully saturated rings. The smallest absolute Gasteiger partial charge is 0.230 e. The van der Waals surface area contributed by atoms with E-state index >= 15 is 0 Å². The number of para-hydroxylation sites is 1. The molecule has 0 saturated heterocycles. The van der Waals surface area contributed by atoms with Gasteiger partial charge in [-0.15, -0.1) is 10.2 Å². The van der Waals surface area contributed by atoms with E-state index < -0.39 is 0 Å². The van der Waals surface area contributed by atoms with Crippen molar-refractivity contribution >= 4 is 34.2 Å². The number of nitrogens with zero attached hydrogens (tertiary/aromatic N) is 4. The largest absolute Gasteiger partial charge is 0.353 e. The number of hydrogen-bond donors (Lipinski definition) is 1. The molecule has 4 aromatic rings. The third kappa shape index (κ3) is 3.96. The van der Waals surface area contributed by atoms with E-state index in [9.17, 15) is 4.79 Å². The van der Waals surface area contributed by atoms with E-state index in [1.165, 1.54) is 17.3 Å². The Balaban J connectivity index is 1.79. The van der Waals surface area contributed by atoms with E-state index in [0.717, 1.165) is 34.4 Å². The van der Waals surface area contributed by atoms with Gasteiger partial charge in [0.2, 0.25) is 5.91 Å². The van der Waals surface area contributed by atoms with Crippen molar-refractivity contribution in [3.05, 3.63) is 54.1 Å². The first-order chi connectivity index (χ1) is 14.1. The standard InChI is InChI=1S/C22H23N5OS/c1-4-15(3)23-19(28)13-29-22-26-25-21-17-7-5-6-8-18(17)24-20(27(21)22)16-11-9-14(2)10-12-16/h5-12,15H,4,13H2,1-3H3,(H,23,28)/t15-/m1/s1. The second-order valence-electron chi connectivity index (χ2n) is 7.13. The minimum Gasteiger partial charge on any atom is -0.353 e. The van der Waals surface area contributed by atoms with Gasteiger partial charge in [0, 0.05) is 17.0 Å². The molecule has 2 aromatic heterocycles. The molecule has 1 amide bonds. The van der Waals surface area contributed by atoms with Gasteiger partial charge in [-0.3, -0.25) is 9.20 Å². The molecular formula is C22H23N5OS. The maximum Gasteiger partial charge on any atom is 0.230 e. The van der Waals surface area contributed by atoms with E-state index in [0.29, 0.717) is 5.16 Å². The fourth-order valence-electron chi connectivity index (χ4n) is 3.10. The molecule has 0 radical (unpaired) electrons. The molecule has 0 aliphatic heterocycles.